The van der Waals surface area contributed by atoms with E-state index in [1.165, 1.54) is 0 Å². The van der Waals surface area contributed by atoms with Crippen LogP contribution in [0.25, 0.3) is 0 Å². The maximum atomic E-state index is 9.24. The molecule has 0 aromatic rings. The highest BCUT2D eigenvalue weighted by Gasteiger charge is 2.05. The molecule has 10 heavy (non-hydrogen) atoms. The van der Waals surface area contributed by atoms with E-state index in [4.69, 9.17) is 0 Å². The number of hydrogen-bond donors (Lipinski definition) is 2. The summed E-state index contributed by atoms with van der Waals surface area (Å²) >= 11 is 0. The fourth-order valence-electron chi connectivity index (χ4n) is 0.815. The van der Waals surface area contributed by atoms with E-state index in [0.717, 1.165) is 6.42 Å². The van der Waals surface area contributed by atoms with Crippen LogP contribution in [0.3, 0.4) is 0 Å². The summed E-state index contributed by atoms with van der Waals surface area (Å²) in [5.41, 5.74) is 0. The Kier molecular flexibility index (Phi) is 5.26. The van der Waals surface area contributed by atoms with E-state index in [0.29, 0.717) is 12.5 Å². The van der Waals surface area contributed by atoms with Gasteiger partial charge < -0.3 is 10.4 Å². The standard InChI is InChI=1S/C8H17NO/c1-4-5-8(10)6-7(2)9-3/h4,7-10H,1,5-6H2,2-3H3. The zero-order valence-corrected chi connectivity index (χ0v) is 6.80. The average molecular weight is 143 g/mol. The SMILES string of the molecule is C=CCC(O)CC(C)NC. The van der Waals surface area contributed by atoms with E-state index in [-0.39, 0.29) is 6.10 Å². The number of nitrogens with one attached hydrogen (secondary N) is 1. The van der Waals surface area contributed by atoms with E-state index in [1.807, 2.05) is 14.0 Å². The summed E-state index contributed by atoms with van der Waals surface area (Å²) in [6, 6.07) is 0.384. The Bertz CT molecular complexity index is 93.3. The molecule has 0 aliphatic heterocycles. The zero-order chi connectivity index (χ0) is 7.98. The molecule has 0 heterocycles. The van der Waals surface area contributed by atoms with Crippen LogP contribution in [-0.2, 0) is 0 Å². The van der Waals surface area contributed by atoms with Crippen molar-refractivity contribution in [1.29, 1.82) is 0 Å². The molecule has 0 aliphatic rings. The number of hydrogen-bond acceptors (Lipinski definition) is 2. The van der Waals surface area contributed by atoms with Crippen LogP contribution in [0.5, 0.6) is 0 Å². The lowest BCUT2D eigenvalue weighted by Gasteiger charge is -2.13. The van der Waals surface area contributed by atoms with E-state index in [1.54, 1.807) is 6.08 Å². The molecule has 2 nitrogen and oxygen atoms in total. The Labute approximate surface area is 62.9 Å². The minimum atomic E-state index is -0.236. The molecule has 0 spiro atoms. The number of aliphatic hydroxyl groups is 1. The van der Waals surface area contributed by atoms with Gasteiger partial charge in [-0.15, -0.1) is 6.58 Å². The maximum absolute atomic E-state index is 9.24. The molecule has 0 aliphatic carbocycles. The summed E-state index contributed by atoms with van der Waals surface area (Å²) in [4.78, 5) is 0. The van der Waals surface area contributed by atoms with Gasteiger partial charge in [0, 0.05) is 6.04 Å². The Hall–Kier alpha value is -0.340. The van der Waals surface area contributed by atoms with E-state index in [2.05, 4.69) is 11.9 Å². The summed E-state index contributed by atoms with van der Waals surface area (Å²) in [6.45, 7) is 5.60. The summed E-state index contributed by atoms with van der Waals surface area (Å²) in [5, 5.41) is 12.3. The second-order valence-electron chi connectivity index (χ2n) is 2.60. The van der Waals surface area contributed by atoms with Crippen LogP contribution < -0.4 is 5.32 Å². The lowest BCUT2D eigenvalue weighted by molar-refractivity contribution is 0.156. The normalized spacial score (nSPS) is 16.3. The van der Waals surface area contributed by atoms with Crippen LogP contribution in [0.15, 0.2) is 12.7 Å². The molecule has 2 heteroatoms. The van der Waals surface area contributed by atoms with Gasteiger partial charge in [0.1, 0.15) is 0 Å². The van der Waals surface area contributed by atoms with Crippen LogP contribution in [0.2, 0.25) is 0 Å². The highest BCUT2D eigenvalue weighted by atomic mass is 16.3. The molecule has 0 radical (unpaired) electrons. The van der Waals surface area contributed by atoms with E-state index >= 15 is 0 Å². The molecule has 0 amide bonds. The van der Waals surface area contributed by atoms with Gasteiger partial charge in [0.2, 0.25) is 0 Å². The fraction of sp³-hybridized carbons (Fsp3) is 0.750. The molecule has 2 atom stereocenters. The van der Waals surface area contributed by atoms with Crippen molar-refractivity contribution in [3.63, 3.8) is 0 Å². The van der Waals surface area contributed by atoms with Crippen molar-refractivity contribution >= 4 is 0 Å². The minimum absolute atomic E-state index is 0.236. The van der Waals surface area contributed by atoms with Crippen molar-refractivity contribution in [2.75, 3.05) is 7.05 Å². The van der Waals surface area contributed by atoms with Crippen molar-refractivity contribution in [2.45, 2.75) is 31.9 Å². The smallest absolute Gasteiger partial charge is 0.0589 e. The maximum Gasteiger partial charge on any atom is 0.0589 e. The Morgan fingerprint density at radius 1 is 1.70 bits per heavy atom. The highest BCUT2D eigenvalue weighted by molar-refractivity contribution is 4.74. The summed E-state index contributed by atoms with van der Waals surface area (Å²) in [6.07, 6.45) is 2.99. The molecule has 0 fully saturated rings. The van der Waals surface area contributed by atoms with Gasteiger partial charge in [0.15, 0.2) is 0 Å². The summed E-state index contributed by atoms with van der Waals surface area (Å²) in [5.74, 6) is 0. The van der Waals surface area contributed by atoms with Crippen molar-refractivity contribution in [3.05, 3.63) is 12.7 Å². The first kappa shape index (κ1) is 9.66. The molecule has 0 aromatic carbocycles. The largest absolute Gasteiger partial charge is 0.393 e. The van der Waals surface area contributed by atoms with Gasteiger partial charge in [-0.3, -0.25) is 0 Å². The summed E-state index contributed by atoms with van der Waals surface area (Å²) in [7, 11) is 1.89. The molecular formula is C8H17NO. The van der Waals surface area contributed by atoms with E-state index in [9.17, 15) is 5.11 Å². The van der Waals surface area contributed by atoms with Crippen molar-refractivity contribution in [1.82, 2.24) is 5.32 Å². The molecular weight excluding hydrogens is 126 g/mol. The van der Waals surface area contributed by atoms with Crippen LogP contribution >= 0.6 is 0 Å². The quantitative estimate of drug-likeness (QED) is 0.561. The van der Waals surface area contributed by atoms with Gasteiger partial charge in [0.05, 0.1) is 6.10 Å². The number of aliphatic hydroxyl groups excluding tert-OH is 1. The molecule has 0 aromatic heterocycles. The van der Waals surface area contributed by atoms with E-state index < -0.39 is 0 Å². The third-order valence-electron chi connectivity index (χ3n) is 1.56. The third-order valence-corrected chi connectivity index (χ3v) is 1.56. The zero-order valence-electron chi connectivity index (χ0n) is 6.80. The Balaban J connectivity index is 3.35. The fourth-order valence-corrected chi connectivity index (χ4v) is 0.815. The lowest BCUT2D eigenvalue weighted by atomic mass is 10.1. The Morgan fingerprint density at radius 3 is 2.70 bits per heavy atom. The molecule has 60 valence electrons. The molecule has 0 saturated carbocycles. The topological polar surface area (TPSA) is 32.3 Å². The minimum Gasteiger partial charge on any atom is -0.393 e. The molecule has 0 bridgehead atoms. The van der Waals surface area contributed by atoms with Gasteiger partial charge in [-0.2, -0.15) is 0 Å². The molecule has 0 rings (SSSR count). The van der Waals surface area contributed by atoms with Gasteiger partial charge in [-0.25, -0.2) is 0 Å². The molecule has 0 saturated heterocycles. The average Bonchev–Trinajstić information content (AvgIpc) is 1.88. The third kappa shape index (κ3) is 4.53. The van der Waals surface area contributed by atoms with Crippen LogP contribution in [-0.4, -0.2) is 24.3 Å². The Morgan fingerprint density at radius 2 is 2.30 bits per heavy atom. The first-order chi connectivity index (χ1) is 4.70. The number of rotatable bonds is 5. The van der Waals surface area contributed by atoms with Crippen molar-refractivity contribution in [3.8, 4) is 0 Å². The van der Waals surface area contributed by atoms with Crippen LogP contribution in [0, 0.1) is 0 Å². The first-order valence-corrected chi connectivity index (χ1v) is 3.67. The van der Waals surface area contributed by atoms with Gasteiger partial charge in [-0.05, 0) is 26.8 Å². The van der Waals surface area contributed by atoms with Crippen molar-refractivity contribution < 1.29 is 5.11 Å². The van der Waals surface area contributed by atoms with Gasteiger partial charge >= 0.3 is 0 Å². The van der Waals surface area contributed by atoms with Gasteiger partial charge in [0.25, 0.3) is 0 Å². The second-order valence-corrected chi connectivity index (χ2v) is 2.60. The van der Waals surface area contributed by atoms with Crippen LogP contribution in [0.1, 0.15) is 19.8 Å². The van der Waals surface area contributed by atoms with Gasteiger partial charge in [-0.1, -0.05) is 6.08 Å². The molecule has 2 unspecified atom stereocenters. The van der Waals surface area contributed by atoms with Crippen LogP contribution in [0.4, 0.5) is 0 Å². The summed E-state index contributed by atoms with van der Waals surface area (Å²) < 4.78 is 0. The second kappa shape index (κ2) is 5.45. The predicted octanol–water partition coefficient (Wildman–Crippen LogP) is 0.921. The molecule has 2 N–H and O–H groups in total. The first-order valence-electron chi connectivity index (χ1n) is 3.67. The van der Waals surface area contributed by atoms with Crippen molar-refractivity contribution in [2.24, 2.45) is 0 Å². The monoisotopic (exact) mass is 143 g/mol. The lowest BCUT2D eigenvalue weighted by Crippen LogP contribution is -2.26. The highest BCUT2D eigenvalue weighted by Crippen LogP contribution is 2.01. The predicted molar refractivity (Wildman–Crippen MR) is 44.0 cm³/mol.